The lowest BCUT2D eigenvalue weighted by molar-refractivity contribution is 0.509. The van der Waals surface area contributed by atoms with Crippen molar-refractivity contribution in [3.8, 4) is 5.82 Å². The summed E-state index contributed by atoms with van der Waals surface area (Å²) in [5.74, 6) is -1.16. The van der Waals surface area contributed by atoms with Crippen molar-refractivity contribution in [1.82, 2.24) is 19.5 Å². The lowest BCUT2D eigenvalue weighted by Crippen LogP contribution is -2.07. The third-order valence-electron chi connectivity index (χ3n) is 3.73. The highest BCUT2D eigenvalue weighted by Gasteiger charge is 2.13. The van der Waals surface area contributed by atoms with Crippen LogP contribution in [0.15, 0.2) is 55.1 Å². The summed E-state index contributed by atoms with van der Waals surface area (Å²) in [5.41, 5.74) is 8.40. The molecule has 8 heteroatoms. The number of imidazole rings is 1. The first-order valence-electron chi connectivity index (χ1n) is 7.38. The molecule has 0 aliphatic heterocycles. The van der Waals surface area contributed by atoms with Crippen LogP contribution in [0.3, 0.4) is 0 Å². The molecule has 0 amide bonds. The van der Waals surface area contributed by atoms with E-state index in [4.69, 9.17) is 5.73 Å². The zero-order valence-corrected chi connectivity index (χ0v) is 12.8. The van der Waals surface area contributed by atoms with Crippen LogP contribution in [0.4, 0.5) is 26.0 Å². The quantitative estimate of drug-likeness (QED) is 0.598. The van der Waals surface area contributed by atoms with Gasteiger partial charge in [0.25, 0.3) is 0 Å². The van der Waals surface area contributed by atoms with Crippen LogP contribution in [-0.4, -0.2) is 19.5 Å². The van der Waals surface area contributed by atoms with Gasteiger partial charge in [0.1, 0.15) is 18.3 Å². The van der Waals surface area contributed by atoms with E-state index in [1.54, 1.807) is 10.9 Å². The number of nitrogens with two attached hydrogens (primary N) is 1. The number of anilines is 3. The standard InChI is InChI=1S/C17H12F2N6/c18-11-6-5-10(7-12(11)19)24-16-15(20)17(22-8-21-16)25-9-23-13-3-1-2-4-14(13)25/h1-9H,20H2,(H,21,22,24). The largest absolute Gasteiger partial charge is 0.393 e. The molecule has 0 radical (unpaired) electrons. The third kappa shape index (κ3) is 2.63. The molecule has 0 bridgehead atoms. The molecule has 0 saturated heterocycles. The number of hydrogen-bond acceptors (Lipinski definition) is 5. The molecule has 2 heterocycles. The van der Waals surface area contributed by atoms with E-state index in [0.717, 1.165) is 23.2 Å². The molecule has 0 fully saturated rings. The van der Waals surface area contributed by atoms with E-state index in [-0.39, 0.29) is 11.5 Å². The van der Waals surface area contributed by atoms with Gasteiger partial charge in [-0.3, -0.25) is 4.57 Å². The number of benzene rings is 2. The van der Waals surface area contributed by atoms with Crippen molar-refractivity contribution in [1.29, 1.82) is 0 Å². The van der Waals surface area contributed by atoms with E-state index in [0.29, 0.717) is 11.5 Å². The monoisotopic (exact) mass is 338 g/mol. The minimum Gasteiger partial charge on any atom is -0.393 e. The molecule has 0 aliphatic rings. The van der Waals surface area contributed by atoms with E-state index in [1.807, 2.05) is 24.3 Å². The van der Waals surface area contributed by atoms with Gasteiger partial charge in [0, 0.05) is 11.8 Å². The average Bonchev–Trinajstić information content (AvgIpc) is 3.04. The van der Waals surface area contributed by atoms with Crippen molar-refractivity contribution in [2.45, 2.75) is 0 Å². The van der Waals surface area contributed by atoms with Gasteiger partial charge >= 0.3 is 0 Å². The normalized spacial score (nSPS) is 11.0. The van der Waals surface area contributed by atoms with Crippen LogP contribution in [0.1, 0.15) is 0 Å². The zero-order chi connectivity index (χ0) is 17.4. The van der Waals surface area contributed by atoms with Crippen molar-refractivity contribution >= 4 is 28.2 Å². The van der Waals surface area contributed by atoms with Crippen LogP contribution < -0.4 is 11.1 Å². The van der Waals surface area contributed by atoms with Gasteiger partial charge in [-0.2, -0.15) is 0 Å². The summed E-state index contributed by atoms with van der Waals surface area (Å²) in [6.07, 6.45) is 2.95. The SMILES string of the molecule is Nc1c(Nc2ccc(F)c(F)c2)ncnc1-n1cnc2ccccc21. The van der Waals surface area contributed by atoms with Gasteiger partial charge in [-0.1, -0.05) is 12.1 Å². The minimum absolute atomic E-state index is 0.260. The molecular formula is C17H12F2N6. The van der Waals surface area contributed by atoms with Crippen LogP contribution in [0.2, 0.25) is 0 Å². The molecule has 25 heavy (non-hydrogen) atoms. The second-order valence-corrected chi connectivity index (χ2v) is 5.32. The number of para-hydroxylation sites is 2. The van der Waals surface area contributed by atoms with Gasteiger partial charge in [0.15, 0.2) is 23.3 Å². The van der Waals surface area contributed by atoms with Gasteiger partial charge in [-0.15, -0.1) is 0 Å². The summed E-state index contributed by atoms with van der Waals surface area (Å²) in [7, 11) is 0. The maximum Gasteiger partial charge on any atom is 0.167 e. The molecule has 0 atom stereocenters. The van der Waals surface area contributed by atoms with Gasteiger partial charge in [-0.05, 0) is 24.3 Å². The summed E-state index contributed by atoms with van der Waals surface area (Å²) in [6.45, 7) is 0. The number of nitrogens with zero attached hydrogens (tertiary/aromatic N) is 4. The Kier molecular flexibility index (Phi) is 3.50. The minimum atomic E-state index is -0.960. The molecule has 0 saturated carbocycles. The van der Waals surface area contributed by atoms with E-state index >= 15 is 0 Å². The van der Waals surface area contributed by atoms with E-state index in [1.165, 1.54) is 12.4 Å². The zero-order valence-electron chi connectivity index (χ0n) is 12.8. The Bertz CT molecular complexity index is 1080. The molecule has 124 valence electrons. The maximum absolute atomic E-state index is 13.4. The van der Waals surface area contributed by atoms with Gasteiger partial charge in [0.05, 0.1) is 11.0 Å². The maximum atomic E-state index is 13.4. The highest BCUT2D eigenvalue weighted by molar-refractivity contribution is 5.81. The molecule has 0 aliphatic carbocycles. The van der Waals surface area contributed by atoms with Crippen molar-refractivity contribution < 1.29 is 8.78 Å². The summed E-state index contributed by atoms with van der Waals surface area (Å²) in [5, 5.41) is 2.87. The molecule has 4 aromatic rings. The van der Waals surface area contributed by atoms with Crippen molar-refractivity contribution in [2.75, 3.05) is 11.1 Å². The Hall–Kier alpha value is -3.55. The summed E-state index contributed by atoms with van der Waals surface area (Å²) in [6, 6.07) is 11.0. The number of nitrogens with one attached hydrogen (secondary N) is 1. The van der Waals surface area contributed by atoms with Crippen molar-refractivity contribution in [3.05, 3.63) is 66.8 Å². The average molecular weight is 338 g/mol. The first-order valence-corrected chi connectivity index (χ1v) is 7.38. The van der Waals surface area contributed by atoms with Gasteiger partial charge in [0.2, 0.25) is 0 Å². The number of nitrogen functional groups attached to an aromatic ring is 1. The van der Waals surface area contributed by atoms with E-state index in [2.05, 4.69) is 20.3 Å². The number of fused-ring (bicyclic) bond motifs is 1. The smallest absolute Gasteiger partial charge is 0.167 e. The number of halogens is 2. The predicted molar refractivity (Wildman–Crippen MR) is 90.7 cm³/mol. The molecule has 2 aromatic carbocycles. The molecule has 0 spiro atoms. The highest BCUT2D eigenvalue weighted by Crippen LogP contribution is 2.27. The third-order valence-corrected chi connectivity index (χ3v) is 3.73. The van der Waals surface area contributed by atoms with Crippen LogP contribution in [0.5, 0.6) is 0 Å². The Balaban J connectivity index is 1.76. The first-order chi connectivity index (χ1) is 12.1. The van der Waals surface area contributed by atoms with Crippen LogP contribution in [0, 0.1) is 11.6 Å². The Labute approximate surface area is 141 Å². The molecular weight excluding hydrogens is 326 g/mol. The first kappa shape index (κ1) is 15.0. The van der Waals surface area contributed by atoms with Crippen molar-refractivity contribution in [3.63, 3.8) is 0 Å². The van der Waals surface area contributed by atoms with Crippen molar-refractivity contribution in [2.24, 2.45) is 0 Å². The number of aromatic nitrogens is 4. The van der Waals surface area contributed by atoms with Crippen LogP contribution >= 0.6 is 0 Å². The Morgan fingerprint density at radius 3 is 2.64 bits per heavy atom. The second-order valence-electron chi connectivity index (χ2n) is 5.32. The summed E-state index contributed by atoms with van der Waals surface area (Å²) >= 11 is 0. The molecule has 6 nitrogen and oxygen atoms in total. The van der Waals surface area contributed by atoms with Gasteiger partial charge in [-0.25, -0.2) is 23.7 Å². The fraction of sp³-hybridized carbons (Fsp3) is 0. The lowest BCUT2D eigenvalue weighted by Gasteiger charge is -2.12. The van der Waals surface area contributed by atoms with Gasteiger partial charge < -0.3 is 11.1 Å². The Morgan fingerprint density at radius 1 is 0.960 bits per heavy atom. The topological polar surface area (TPSA) is 81.6 Å². The number of rotatable bonds is 3. The van der Waals surface area contributed by atoms with E-state index in [9.17, 15) is 8.78 Å². The fourth-order valence-corrected chi connectivity index (χ4v) is 2.52. The summed E-state index contributed by atoms with van der Waals surface area (Å²) in [4.78, 5) is 12.6. The molecule has 4 rings (SSSR count). The highest BCUT2D eigenvalue weighted by atomic mass is 19.2. The second kappa shape index (κ2) is 5.82. The molecule has 2 aromatic heterocycles. The Morgan fingerprint density at radius 2 is 1.80 bits per heavy atom. The predicted octanol–water partition coefficient (Wildman–Crippen LogP) is 3.42. The van der Waals surface area contributed by atoms with Crippen LogP contribution in [0.25, 0.3) is 16.9 Å². The fourth-order valence-electron chi connectivity index (χ4n) is 2.52. The molecule has 3 N–H and O–H groups in total. The lowest BCUT2D eigenvalue weighted by atomic mass is 10.3. The molecule has 0 unspecified atom stereocenters. The summed E-state index contributed by atoms with van der Waals surface area (Å²) < 4.78 is 28.2. The number of hydrogen-bond donors (Lipinski definition) is 2. The van der Waals surface area contributed by atoms with Crippen LogP contribution in [-0.2, 0) is 0 Å². The van der Waals surface area contributed by atoms with E-state index < -0.39 is 11.6 Å².